The van der Waals surface area contributed by atoms with Crippen LogP contribution < -0.4 is 0 Å². The molecule has 2 aliphatic heterocycles. The van der Waals surface area contributed by atoms with Crippen LogP contribution in [0.2, 0.25) is 0 Å². The molecule has 0 aromatic rings. The molecule has 0 bridgehead atoms. The number of amides is 1. The Bertz CT molecular complexity index is 1340. The van der Waals surface area contributed by atoms with Gasteiger partial charge in [0, 0.05) is 58.5 Å². The molecular formula is C49H83NO9. The summed E-state index contributed by atoms with van der Waals surface area (Å²) in [5, 5.41) is 20.3. The third-order valence-corrected chi connectivity index (χ3v) is 12.2. The van der Waals surface area contributed by atoms with Gasteiger partial charge in [-0.05, 0) is 133 Å². The van der Waals surface area contributed by atoms with Gasteiger partial charge in [0.15, 0.2) is 0 Å². The summed E-state index contributed by atoms with van der Waals surface area (Å²) < 4.78 is 15.1. The summed E-state index contributed by atoms with van der Waals surface area (Å²) in [4.78, 5) is 49.4. The van der Waals surface area contributed by atoms with E-state index in [0.29, 0.717) is 30.4 Å². The lowest BCUT2D eigenvalue weighted by Crippen LogP contribution is -2.47. The van der Waals surface area contributed by atoms with E-state index in [-0.39, 0.29) is 59.9 Å². The molecular weight excluding hydrogens is 747 g/mol. The zero-order valence-electron chi connectivity index (χ0n) is 38.6. The second kappa shape index (κ2) is 31.0. The second-order valence-corrected chi connectivity index (χ2v) is 17.6. The van der Waals surface area contributed by atoms with Gasteiger partial charge in [-0.15, -0.1) is 0 Å². The minimum atomic E-state index is -0.848. The number of aliphatic hydroxyl groups excluding tert-OH is 2. The van der Waals surface area contributed by atoms with E-state index < -0.39 is 6.10 Å². The molecule has 10 nitrogen and oxygen atoms in total. The van der Waals surface area contributed by atoms with Crippen molar-refractivity contribution in [2.75, 3.05) is 34.0 Å². The number of allylic oxidation sites excluding steroid dienone is 6. The Morgan fingerprint density at radius 2 is 1.54 bits per heavy atom. The maximum Gasteiger partial charge on any atom is 0.328 e. The summed E-state index contributed by atoms with van der Waals surface area (Å²) in [6, 6.07) is -0.351. The lowest BCUT2D eigenvalue weighted by atomic mass is 9.80. The van der Waals surface area contributed by atoms with E-state index in [1.165, 1.54) is 26.9 Å². The smallest absolute Gasteiger partial charge is 0.328 e. The van der Waals surface area contributed by atoms with E-state index >= 15 is 0 Å². The van der Waals surface area contributed by atoms with E-state index in [9.17, 15) is 29.4 Å². The molecule has 0 radical (unpaired) electrons. The number of carbonyl (C=O) groups excluding carboxylic acids is 4. The molecule has 0 aromatic heterocycles. The summed E-state index contributed by atoms with van der Waals surface area (Å²) in [6.07, 6.45) is 24.5. The van der Waals surface area contributed by atoms with Crippen LogP contribution in [0.15, 0.2) is 47.6 Å². The van der Waals surface area contributed by atoms with E-state index in [0.717, 1.165) is 95.3 Å². The molecule has 2 heterocycles. The monoisotopic (exact) mass is 830 g/mol. The molecule has 0 aromatic carbocycles. The third kappa shape index (κ3) is 23.6. The molecule has 59 heavy (non-hydrogen) atoms. The number of Topliss-reactive ketones (excluding diaryl/α,β-unsaturated/α-hetero) is 2. The largest absolute Gasteiger partial charge is 0.467 e. The zero-order chi connectivity index (χ0) is 44.3. The van der Waals surface area contributed by atoms with Gasteiger partial charge in [-0.25, -0.2) is 4.79 Å². The first-order valence-electron chi connectivity index (χ1n) is 22.6. The van der Waals surface area contributed by atoms with Crippen LogP contribution in [0.5, 0.6) is 0 Å². The van der Waals surface area contributed by atoms with Gasteiger partial charge in [-0.1, -0.05) is 64.2 Å². The molecule has 1 saturated carbocycles. The Balaban J connectivity index is 0.000000698. The number of hydrogen-bond acceptors (Lipinski definition) is 9. The van der Waals surface area contributed by atoms with Crippen LogP contribution in [-0.4, -0.2) is 96.9 Å². The molecule has 338 valence electrons. The summed E-state index contributed by atoms with van der Waals surface area (Å²) in [7, 11) is 3.05. The number of rotatable bonds is 19. The standard InChI is InChI=1S/C34H56O5.C9H15NO3.C6H12O/c1-24(21-30-16-18-31(35)19-17-30)15-20-32(36)27(4)22-28(5)34(38)23-33(37)26(3)14-12-10-8-9-11-13-25(2)29(6)39-7;1-7(11)10-6-4-3-5-8(10)9(12)13-2;1-6-3-2-4-7-5-6/h8-11,13,22,24,26-27,29-31,34-35,38H,12,14-21,23H2,1-7H3;8H,3-6H2,1-2H3;6H,2-5H2,1H3/b10-8+,11-9+,25-13+,28-22+;;/t24?,26-,27?,29?,30?,31?,34?;;/m1../s1. The Hall–Kier alpha value is -2.92. The van der Waals surface area contributed by atoms with Gasteiger partial charge in [-0.2, -0.15) is 0 Å². The van der Waals surface area contributed by atoms with Crippen molar-refractivity contribution in [3.8, 4) is 0 Å². The van der Waals surface area contributed by atoms with E-state index in [2.05, 4.69) is 24.7 Å². The summed E-state index contributed by atoms with van der Waals surface area (Å²) in [6.45, 7) is 18.2. The Morgan fingerprint density at radius 1 is 0.847 bits per heavy atom. The van der Waals surface area contributed by atoms with Crippen molar-refractivity contribution >= 4 is 23.4 Å². The van der Waals surface area contributed by atoms with Crippen LogP contribution in [0.4, 0.5) is 0 Å². The van der Waals surface area contributed by atoms with Gasteiger partial charge in [0.05, 0.1) is 25.4 Å². The predicted molar refractivity (Wildman–Crippen MR) is 238 cm³/mol. The number of likely N-dealkylation sites (tertiary alicyclic amines) is 1. The molecule has 2 saturated heterocycles. The van der Waals surface area contributed by atoms with Crippen LogP contribution in [0.3, 0.4) is 0 Å². The molecule has 1 amide bonds. The molecule has 10 heteroatoms. The maximum atomic E-state index is 12.7. The number of esters is 1. The SMILES string of the molecule is CC1CCCOC1.COC(=O)C1CCCCN1C(C)=O.COC(C)/C(C)=C/C=C/C=C/CC[C@@H](C)C(=O)CC(O)/C(C)=C/C(C)C(=O)CCC(C)CC1CCC(O)CC1. The van der Waals surface area contributed by atoms with Gasteiger partial charge >= 0.3 is 5.97 Å². The Kier molecular flexibility index (Phi) is 28.4. The first kappa shape index (κ1) is 54.1. The normalized spacial score (nSPS) is 24.2. The van der Waals surface area contributed by atoms with Gasteiger partial charge < -0.3 is 29.3 Å². The molecule has 7 atom stereocenters. The summed E-state index contributed by atoms with van der Waals surface area (Å²) >= 11 is 0. The zero-order valence-corrected chi connectivity index (χ0v) is 38.6. The maximum absolute atomic E-state index is 12.7. The fourth-order valence-electron chi connectivity index (χ4n) is 7.70. The quantitative estimate of drug-likeness (QED) is 0.0741. The second-order valence-electron chi connectivity index (χ2n) is 17.6. The number of nitrogens with zero attached hydrogens (tertiary/aromatic N) is 1. The molecule has 3 rings (SSSR count). The van der Waals surface area contributed by atoms with Crippen molar-refractivity contribution in [2.45, 2.75) is 176 Å². The number of methoxy groups -OCH3 is 2. The molecule has 2 N–H and O–H groups in total. The van der Waals surface area contributed by atoms with Gasteiger partial charge in [0.2, 0.25) is 5.91 Å². The third-order valence-electron chi connectivity index (χ3n) is 12.2. The minimum Gasteiger partial charge on any atom is -0.467 e. The van der Waals surface area contributed by atoms with Crippen molar-refractivity contribution in [2.24, 2.45) is 29.6 Å². The average Bonchev–Trinajstić information content (AvgIpc) is 3.22. The summed E-state index contributed by atoms with van der Waals surface area (Å²) in [5.41, 5.74) is 1.85. The first-order chi connectivity index (χ1) is 28.0. The van der Waals surface area contributed by atoms with E-state index in [1.807, 2.05) is 65.0 Å². The van der Waals surface area contributed by atoms with Crippen LogP contribution in [0, 0.1) is 29.6 Å². The van der Waals surface area contributed by atoms with Gasteiger partial charge in [0.1, 0.15) is 17.6 Å². The number of hydrogen-bond donors (Lipinski definition) is 2. The molecule has 1 aliphatic carbocycles. The number of aliphatic hydroxyl groups is 2. The van der Waals surface area contributed by atoms with Crippen molar-refractivity contribution in [3.05, 3.63) is 47.6 Å². The van der Waals surface area contributed by atoms with Crippen molar-refractivity contribution in [3.63, 3.8) is 0 Å². The van der Waals surface area contributed by atoms with Crippen LogP contribution >= 0.6 is 0 Å². The number of piperidine rings is 1. The van der Waals surface area contributed by atoms with Crippen LogP contribution in [-0.2, 0) is 33.4 Å². The van der Waals surface area contributed by atoms with E-state index in [1.54, 1.807) is 12.0 Å². The highest BCUT2D eigenvalue weighted by Crippen LogP contribution is 2.31. The van der Waals surface area contributed by atoms with Crippen molar-refractivity contribution in [1.82, 2.24) is 4.90 Å². The number of ether oxygens (including phenoxy) is 3. The highest BCUT2D eigenvalue weighted by Gasteiger charge is 2.31. The summed E-state index contributed by atoms with van der Waals surface area (Å²) in [5.74, 6) is 1.48. The fourth-order valence-corrected chi connectivity index (χ4v) is 7.70. The molecule has 3 aliphatic rings. The Labute approximate surface area is 358 Å². The van der Waals surface area contributed by atoms with Crippen LogP contribution in [0.25, 0.3) is 0 Å². The first-order valence-corrected chi connectivity index (χ1v) is 22.6. The Morgan fingerprint density at radius 3 is 2.12 bits per heavy atom. The molecule has 6 unspecified atom stereocenters. The van der Waals surface area contributed by atoms with E-state index in [4.69, 9.17) is 9.47 Å². The van der Waals surface area contributed by atoms with Gasteiger partial charge in [0.25, 0.3) is 0 Å². The minimum absolute atomic E-state index is 0.0462. The topological polar surface area (TPSA) is 140 Å². The molecule has 3 fully saturated rings. The lowest BCUT2D eigenvalue weighted by molar-refractivity contribution is -0.153. The van der Waals surface area contributed by atoms with Crippen LogP contribution in [0.1, 0.15) is 152 Å². The predicted octanol–water partition coefficient (Wildman–Crippen LogP) is 9.32. The lowest BCUT2D eigenvalue weighted by Gasteiger charge is -2.32. The number of ketones is 2. The number of carbonyl (C=O) groups is 4. The van der Waals surface area contributed by atoms with Crippen molar-refractivity contribution < 1.29 is 43.6 Å². The molecule has 0 spiro atoms. The highest BCUT2D eigenvalue weighted by atomic mass is 16.5. The fraction of sp³-hybridized carbons (Fsp3) is 0.755. The highest BCUT2D eigenvalue weighted by molar-refractivity contribution is 5.84. The average molecular weight is 830 g/mol. The van der Waals surface area contributed by atoms with Crippen molar-refractivity contribution in [1.29, 1.82) is 0 Å². The van der Waals surface area contributed by atoms with Gasteiger partial charge in [-0.3, -0.25) is 14.4 Å².